The lowest BCUT2D eigenvalue weighted by atomic mass is 9.99. The molecule has 4 nitrogen and oxygen atoms in total. The Morgan fingerprint density at radius 2 is 2.00 bits per heavy atom. The van der Waals surface area contributed by atoms with E-state index in [0.29, 0.717) is 21.6 Å². The van der Waals surface area contributed by atoms with E-state index in [1.165, 1.54) is 19.3 Å². The molecule has 6 heteroatoms. The standard InChI is InChI=1S/C16H24ClN3OS/c1-3-5-8-12(4-2)11-18-16(22)20-19-15(21)13-9-6-7-10-14(13)17/h6-7,9-10,12H,3-5,8,11H2,1-2H3,(H,19,21)(H2,18,20,22)/t12-/m0/s1. The second-order valence-corrected chi connectivity index (χ2v) is 6.00. The third kappa shape index (κ3) is 6.62. The lowest BCUT2D eigenvalue weighted by Gasteiger charge is -2.17. The molecule has 0 aliphatic heterocycles. The van der Waals surface area contributed by atoms with E-state index in [1.807, 2.05) is 0 Å². The van der Waals surface area contributed by atoms with Crippen molar-refractivity contribution in [2.45, 2.75) is 39.5 Å². The molecule has 0 aromatic heterocycles. The summed E-state index contributed by atoms with van der Waals surface area (Å²) < 4.78 is 0. The average Bonchev–Trinajstić information content (AvgIpc) is 2.53. The van der Waals surface area contributed by atoms with Gasteiger partial charge >= 0.3 is 0 Å². The maximum Gasteiger partial charge on any atom is 0.271 e. The number of hydrogen-bond acceptors (Lipinski definition) is 2. The van der Waals surface area contributed by atoms with E-state index in [4.69, 9.17) is 23.8 Å². The molecule has 0 unspecified atom stereocenters. The van der Waals surface area contributed by atoms with Crippen LogP contribution in [0.2, 0.25) is 5.02 Å². The van der Waals surface area contributed by atoms with Gasteiger partial charge in [-0.3, -0.25) is 15.6 Å². The fraction of sp³-hybridized carbons (Fsp3) is 0.500. The van der Waals surface area contributed by atoms with Gasteiger partial charge in [-0.25, -0.2) is 0 Å². The Labute approximate surface area is 143 Å². The van der Waals surface area contributed by atoms with Crippen molar-refractivity contribution in [1.82, 2.24) is 16.2 Å². The Balaban J connectivity index is 2.34. The van der Waals surface area contributed by atoms with Crippen LogP contribution in [0, 0.1) is 5.92 Å². The van der Waals surface area contributed by atoms with E-state index in [2.05, 4.69) is 30.0 Å². The van der Waals surface area contributed by atoms with E-state index in [-0.39, 0.29) is 5.91 Å². The minimum absolute atomic E-state index is 0.312. The highest BCUT2D eigenvalue weighted by molar-refractivity contribution is 7.80. The zero-order valence-corrected chi connectivity index (χ0v) is 14.7. The zero-order chi connectivity index (χ0) is 16.4. The quantitative estimate of drug-likeness (QED) is 0.523. The first-order valence-electron chi connectivity index (χ1n) is 7.67. The van der Waals surface area contributed by atoms with Crippen LogP contribution >= 0.6 is 23.8 Å². The second-order valence-electron chi connectivity index (χ2n) is 5.19. The Bertz CT molecular complexity index is 496. The van der Waals surface area contributed by atoms with Gasteiger partial charge in [0.05, 0.1) is 10.6 Å². The van der Waals surface area contributed by atoms with Crippen LogP contribution in [0.25, 0.3) is 0 Å². The molecule has 0 saturated carbocycles. The number of carbonyl (C=O) groups excluding carboxylic acids is 1. The van der Waals surface area contributed by atoms with Gasteiger partial charge in [0.2, 0.25) is 0 Å². The molecule has 0 saturated heterocycles. The summed E-state index contributed by atoms with van der Waals surface area (Å²) in [6, 6.07) is 6.87. The molecule has 0 radical (unpaired) electrons. The highest BCUT2D eigenvalue weighted by Crippen LogP contribution is 2.14. The maximum absolute atomic E-state index is 12.0. The van der Waals surface area contributed by atoms with E-state index >= 15 is 0 Å². The molecule has 1 atom stereocenters. The zero-order valence-electron chi connectivity index (χ0n) is 13.1. The van der Waals surface area contributed by atoms with Gasteiger partial charge < -0.3 is 5.32 Å². The molecule has 0 spiro atoms. The minimum atomic E-state index is -0.312. The van der Waals surface area contributed by atoms with Crippen LogP contribution in [-0.2, 0) is 0 Å². The van der Waals surface area contributed by atoms with Gasteiger partial charge in [-0.2, -0.15) is 0 Å². The summed E-state index contributed by atoms with van der Waals surface area (Å²) in [6.07, 6.45) is 4.73. The molecule has 0 bridgehead atoms. The van der Waals surface area contributed by atoms with Crippen molar-refractivity contribution < 1.29 is 4.79 Å². The number of amides is 1. The van der Waals surface area contributed by atoms with E-state index in [1.54, 1.807) is 24.3 Å². The van der Waals surface area contributed by atoms with Crippen molar-refractivity contribution >= 4 is 34.8 Å². The lowest BCUT2D eigenvalue weighted by Crippen LogP contribution is -2.47. The number of halogens is 1. The summed E-state index contributed by atoms with van der Waals surface area (Å²) in [4.78, 5) is 12.0. The third-order valence-corrected chi connectivity index (χ3v) is 4.08. The first-order valence-corrected chi connectivity index (χ1v) is 8.45. The Morgan fingerprint density at radius 1 is 1.27 bits per heavy atom. The van der Waals surface area contributed by atoms with Crippen molar-refractivity contribution in [3.05, 3.63) is 34.9 Å². The van der Waals surface area contributed by atoms with Gasteiger partial charge in [0.25, 0.3) is 5.91 Å². The van der Waals surface area contributed by atoms with E-state index < -0.39 is 0 Å². The highest BCUT2D eigenvalue weighted by Gasteiger charge is 2.10. The molecule has 0 aliphatic rings. The third-order valence-electron chi connectivity index (χ3n) is 3.50. The largest absolute Gasteiger partial charge is 0.361 e. The minimum Gasteiger partial charge on any atom is -0.361 e. The molecular formula is C16H24ClN3OS. The molecule has 0 aliphatic carbocycles. The SMILES string of the molecule is CCCC[C@H](CC)CNC(=S)NNC(=O)c1ccccc1Cl. The van der Waals surface area contributed by atoms with Gasteiger partial charge in [0.15, 0.2) is 5.11 Å². The molecule has 22 heavy (non-hydrogen) atoms. The van der Waals surface area contributed by atoms with Crippen molar-refractivity contribution in [2.24, 2.45) is 5.92 Å². The normalized spacial score (nSPS) is 11.6. The summed E-state index contributed by atoms with van der Waals surface area (Å²) in [5.41, 5.74) is 5.66. The Morgan fingerprint density at radius 3 is 2.64 bits per heavy atom. The van der Waals surface area contributed by atoms with E-state index in [0.717, 1.165) is 13.0 Å². The number of hydrogen-bond donors (Lipinski definition) is 3. The van der Waals surface area contributed by atoms with Crippen molar-refractivity contribution in [3.63, 3.8) is 0 Å². The topological polar surface area (TPSA) is 53.2 Å². The van der Waals surface area contributed by atoms with Crippen LogP contribution in [0.3, 0.4) is 0 Å². The number of unbranched alkanes of at least 4 members (excludes halogenated alkanes) is 1. The number of hydrazine groups is 1. The Kier molecular flexibility index (Phi) is 8.85. The summed E-state index contributed by atoms with van der Waals surface area (Å²) >= 11 is 11.1. The van der Waals surface area contributed by atoms with Crippen LogP contribution in [0.4, 0.5) is 0 Å². The average molecular weight is 342 g/mol. The molecule has 1 aromatic rings. The molecule has 1 amide bonds. The first-order chi connectivity index (χ1) is 10.6. The fourth-order valence-corrected chi connectivity index (χ4v) is 2.41. The number of nitrogens with one attached hydrogen (secondary N) is 3. The molecule has 1 rings (SSSR count). The highest BCUT2D eigenvalue weighted by atomic mass is 35.5. The number of benzene rings is 1. The molecule has 3 N–H and O–H groups in total. The second kappa shape index (κ2) is 10.4. The number of carbonyl (C=O) groups is 1. The van der Waals surface area contributed by atoms with Crippen LogP contribution in [0.15, 0.2) is 24.3 Å². The fourth-order valence-electron chi connectivity index (χ4n) is 2.05. The van der Waals surface area contributed by atoms with Crippen molar-refractivity contribution in [3.8, 4) is 0 Å². The van der Waals surface area contributed by atoms with Gasteiger partial charge in [0.1, 0.15) is 0 Å². The summed E-state index contributed by atoms with van der Waals surface area (Å²) in [5.74, 6) is 0.284. The first kappa shape index (κ1) is 18.7. The van der Waals surface area contributed by atoms with Crippen LogP contribution < -0.4 is 16.2 Å². The van der Waals surface area contributed by atoms with Gasteiger partial charge in [-0.15, -0.1) is 0 Å². The predicted molar refractivity (Wildman–Crippen MR) is 96.0 cm³/mol. The van der Waals surface area contributed by atoms with Crippen molar-refractivity contribution in [1.29, 1.82) is 0 Å². The molecule has 0 heterocycles. The monoisotopic (exact) mass is 341 g/mol. The van der Waals surface area contributed by atoms with E-state index in [9.17, 15) is 4.79 Å². The van der Waals surface area contributed by atoms with Gasteiger partial charge in [-0.05, 0) is 36.7 Å². The summed E-state index contributed by atoms with van der Waals surface area (Å²) in [5, 5.41) is 3.96. The molecular weight excluding hydrogens is 318 g/mol. The smallest absolute Gasteiger partial charge is 0.271 e. The van der Waals surface area contributed by atoms with Gasteiger partial charge in [-0.1, -0.05) is 56.8 Å². The van der Waals surface area contributed by atoms with Gasteiger partial charge in [0, 0.05) is 6.54 Å². The number of thiocarbonyl (C=S) groups is 1. The number of rotatable bonds is 7. The lowest BCUT2D eigenvalue weighted by molar-refractivity contribution is 0.0944. The predicted octanol–water partition coefficient (Wildman–Crippen LogP) is 3.67. The Hall–Kier alpha value is -1.33. The molecule has 1 aromatic carbocycles. The molecule has 0 fully saturated rings. The van der Waals surface area contributed by atoms with Crippen molar-refractivity contribution in [2.75, 3.05) is 6.54 Å². The summed E-state index contributed by atoms with van der Waals surface area (Å²) in [6.45, 7) is 5.18. The van der Waals surface area contributed by atoms with Crippen LogP contribution in [-0.4, -0.2) is 17.6 Å². The molecule has 122 valence electrons. The maximum atomic E-state index is 12.0. The van der Waals surface area contributed by atoms with Crippen LogP contribution in [0.1, 0.15) is 49.9 Å². The van der Waals surface area contributed by atoms with Crippen LogP contribution in [0.5, 0.6) is 0 Å². The summed E-state index contributed by atoms with van der Waals surface area (Å²) in [7, 11) is 0.